The molecular formula is C17H23NO4. The number of fused-ring (bicyclic) bond motifs is 1. The van der Waals surface area contributed by atoms with Crippen LogP contribution in [0.2, 0.25) is 0 Å². The van der Waals surface area contributed by atoms with Gasteiger partial charge in [0.1, 0.15) is 5.58 Å². The van der Waals surface area contributed by atoms with Crippen molar-refractivity contribution in [2.75, 3.05) is 20.2 Å². The molecule has 1 aromatic heterocycles. The summed E-state index contributed by atoms with van der Waals surface area (Å²) in [7, 11) is 1.91. The summed E-state index contributed by atoms with van der Waals surface area (Å²) in [5, 5.41) is 19.2. The van der Waals surface area contributed by atoms with Crippen molar-refractivity contribution in [1.82, 2.24) is 4.90 Å². The largest absolute Gasteiger partial charge is 0.475 e. The molecule has 0 unspecified atom stereocenters. The Morgan fingerprint density at radius 2 is 2.05 bits per heavy atom. The molecule has 5 nitrogen and oxygen atoms in total. The number of hydrogen-bond acceptors (Lipinski definition) is 4. The van der Waals surface area contributed by atoms with Gasteiger partial charge in [0.25, 0.3) is 0 Å². The van der Waals surface area contributed by atoms with Crippen LogP contribution in [0.3, 0.4) is 0 Å². The number of nitrogens with zero attached hydrogens (tertiary/aromatic N) is 1. The molecule has 2 rings (SSSR count). The van der Waals surface area contributed by atoms with Crippen molar-refractivity contribution >= 4 is 16.9 Å². The van der Waals surface area contributed by atoms with Crippen LogP contribution in [0.25, 0.3) is 11.0 Å². The van der Waals surface area contributed by atoms with Gasteiger partial charge in [-0.05, 0) is 31.5 Å². The molecule has 0 amide bonds. The smallest absolute Gasteiger partial charge is 0.372 e. The average molecular weight is 305 g/mol. The second kappa shape index (κ2) is 6.50. The number of rotatable bonds is 6. The molecule has 0 aliphatic carbocycles. The Hall–Kier alpha value is -1.85. The molecule has 0 saturated heterocycles. The maximum atomic E-state index is 11.3. The van der Waals surface area contributed by atoms with E-state index in [4.69, 9.17) is 9.52 Å². The Bertz CT molecular complexity index is 688. The standard InChI is InChI=1S/C17H23NO4/c1-10(2)12-7-13(9-18(4)5-6-19)16-14(8-12)11(3)15(22-16)17(20)21/h7-8,10,19H,5-6,9H2,1-4H3,(H,20,21). The molecule has 0 saturated carbocycles. The molecule has 0 aliphatic heterocycles. The number of hydrogen-bond donors (Lipinski definition) is 2. The molecule has 0 atom stereocenters. The summed E-state index contributed by atoms with van der Waals surface area (Å²) in [6.45, 7) is 7.23. The number of aliphatic hydroxyl groups excluding tert-OH is 1. The lowest BCUT2D eigenvalue weighted by Gasteiger charge is -2.17. The summed E-state index contributed by atoms with van der Waals surface area (Å²) in [5.41, 5.74) is 3.40. The van der Waals surface area contributed by atoms with Crippen molar-refractivity contribution in [2.45, 2.75) is 33.2 Å². The summed E-state index contributed by atoms with van der Waals surface area (Å²) in [6.07, 6.45) is 0. The van der Waals surface area contributed by atoms with Crippen LogP contribution >= 0.6 is 0 Å². The predicted octanol–water partition coefficient (Wildman–Crippen LogP) is 2.99. The molecule has 0 bridgehead atoms. The van der Waals surface area contributed by atoms with Gasteiger partial charge < -0.3 is 14.6 Å². The van der Waals surface area contributed by atoms with Crippen LogP contribution < -0.4 is 0 Å². The summed E-state index contributed by atoms with van der Waals surface area (Å²) < 4.78 is 5.62. The molecule has 120 valence electrons. The van der Waals surface area contributed by atoms with Crippen molar-refractivity contribution in [1.29, 1.82) is 0 Å². The normalized spacial score (nSPS) is 11.8. The van der Waals surface area contributed by atoms with Crippen molar-refractivity contribution < 1.29 is 19.4 Å². The molecule has 1 heterocycles. The minimum absolute atomic E-state index is 0.00182. The fraction of sp³-hybridized carbons (Fsp3) is 0.471. The van der Waals surface area contributed by atoms with E-state index >= 15 is 0 Å². The number of carboxylic acid groups (broad SMARTS) is 1. The summed E-state index contributed by atoms with van der Waals surface area (Å²) in [4.78, 5) is 13.3. The van der Waals surface area contributed by atoms with Crippen LogP contribution in [-0.4, -0.2) is 41.3 Å². The van der Waals surface area contributed by atoms with E-state index in [1.54, 1.807) is 6.92 Å². The van der Waals surface area contributed by atoms with Crippen LogP contribution in [0.4, 0.5) is 0 Å². The van der Waals surface area contributed by atoms with Gasteiger partial charge in [-0.3, -0.25) is 4.90 Å². The third-order valence-electron chi connectivity index (χ3n) is 3.92. The Morgan fingerprint density at radius 1 is 1.36 bits per heavy atom. The van der Waals surface area contributed by atoms with Crippen molar-refractivity contribution in [3.05, 3.63) is 34.6 Å². The first-order chi connectivity index (χ1) is 10.3. The lowest BCUT2D eigenvalue weighted by molar-refractivity contribution is 0.0664. The fourth-order valence-electron chi connectivity index (χ4n) is 2.61. The van der Waals surface area contributed by atoms with Gasteiger partial charge in [-0.25, -0.2) is 4.79 Å². The maximum absolute atomic E-state index is 11.3. The van der Waals surface area contributed by atoms with Gasteiger partial charge in [0.15, 0.2) is 0 Å². The van der Waals surface area contributed by atoms with E-state index < -0.39 is 5.97 Å². The fourth-order valence-corrected chi connectivity index (χ4v) is 2.61. The van der Waals surface area contributed by atoms with Crippen LogP contribution in [0.5, 0.6) is 0 Å². The van der Waals surface area contributed by atoms with Gasteiger partial charge in [0.2, 0.25) is 5.76 Å². The zero-order chi connectivity index (χ0) is 16.4. The van der Waals surface area contributed by atoms with E-state index in [2.05, 4.69) is 19.9 Å². The topological polar surface area (TPSA) is 73.9 Å². The number of carbonyl (C=O) groups is 1. The third-order valence-corrected chi connectivity index (χ3v) is 3.92. The number of carboxylic acids is 1. The van der Waals surface area contributed by atoms with Gasteiger partial charge in [-0.15, -0.1) is 0 Å². The number of aromatic carboxylic acids is 1. The second-order valence-corrected chi connectivity index (χ2v) is 6.03. The molecule has 0 radical (unpaired) electrons. The van der Waals surface area contributed by atoms with Crippen molar-refractivity contribution in [3.63, 3.8) is 0 Å². The van der Waals surface area contributed by atoms with Crippen LogP contribution in [0.15, 0.2) is 16.5 Å². The first kappa shape index (κ1) is 16.5. The first-order valence-electron chi connectivity index (χ1n) is 7.43. The lowest BCUT2D eigenvalue weighted by atomic mass is 9.97. The zero-order valence-electron chi connectivity index (χ0n) is 13.5. The van der Waals surface area contributed by atoms with E-state index in [1.165, 1.54) is 0 Å². The summed E-state index contributed by atoms with van der Waals surface area (Å²) in [5.74, 6) is -0.703. The van der Waals surface area contributed by atoms with E-state index in [9.17, 15) is 9.90 Å². The Morgan fingerprint density at radius 3 is 2.59 bits per heavy atom. The Kier molecular flexibility index (Phi) is 4.88. The van der Waals surface area contributed by atoms with E-state index in [1.807, 2.05) is 18.0 Å². The third kappa shape index (κ3) is 3.15. The van der Waals surface area contributed by atoms with Gasteiger partial charge in [-0.2, -0.15) is 0 Å². The molecule has 0 fully saturated rings. The number of furan rings is 1. The van der Waals surface area contributed by atoms with E-state index in [-0.39, 0.29) is 12.4 Å². The minimum atomic E-state index is -1.05. The maximum Gasteiger partial charge on any atom is 0.372 e. The Balaban J connectivity index is 2.61. The molecule has 0 aliphatic rings. The van der Waals surface area contributed by atoms with Crippen LogP contribution in [0, 0.1) is 6.92 Å². The van der Waals surface area contributed by atoms with Crippen LogP contribution in [0.1, 0.15) is 47.0 Å². The quantitative estimate of drug-likeness (QED) is 0.858. The predicted molar refractivity (Wildman–Crippen MR) is 85.4 cm³/mol. The average Bonchev–Trinajstić information content (AvgIpc) is 2.77. The van der Waals surface area contributed by atoms with Gasteiger partial charge in [0, 0.05) is 29.6 Å². The SMILES string of the molecule is Cc1c(C(=O)O)oc2c(CN(C)CCO)cc(C(C)C)cc12. The molecule has 22 heavy (non-hydrogen) atoms. The van der Waals surface area contributed by atoms with Crippen molar-refractivity contribution in [2.24, 2.45) is 0 Å². The van der Waals surface area contributed by atoms with Gasteiger partial charge in [-0.1, -0.05) is 19.9 Å². The van der Waals surface area contributed by atoms with E-state index in [0.717, 1.165) is 16.5 Å². The van der Waals surface area contributed by atoms with Gasteiger partial charge >= 0.3 is 5.97 Å². The highest BCUT2D eigenvalue weighted by molar-refractivity contribution is 5.96. The highest BCUT2D eigenvalue weighted by Gasteiger charge is 2.20. The highest BCUT2D eigenvalue weighted by atomic mass is 16.4. The summed E-state index contributed by atoms with van der Waals surface area (Å²) in [6, 6.07) is 4.08. The molecular weight excluding hydrogens is 282 g/mol. The zero-order valence-corrected chi connectivity index (χ0v) is 13.5. The molecule has 2 aromatic rings. The van der Waals surface area contributed by atoms with E-state index in [0.29, 0.717) is 30.2 Å². The molecule has 1 aromatic carbocycles. The lowest BCUT2D eigenvalue weighted by Crippen LogP contribution is -2.21. The van der Waals surface area contributed by atoms with Gasteiger partial charge in [0.05, 0.1) is 6.61 Å². The molecule has 5 heteroatoms. The number of aryl methyl sites for hydroxylation is 1. The summed E-state index contributed by atoms with van der Waals surface area (Å²) >= 11 is 0. The Labute approximate surface area is 130 Å². The van der Waals surface area contributed by atoms with Crippen molar-refractivity contribution in [3.8, 4) is 0 Å². The second-order valence-electron chi connectivity index (χ2n) is 6.03. The monoisotopic (exact) mass is 305 g/mol. The number of likely N-dealkylation sites (N-methyl/N-ethyl adjacent to an activating group) is 1. The molecule has 2 N–H and O–H groups in total. The minimum Gasteiger partial charge on any atom is -0.475 e. The van der Waals surface area contributed by atoms with Crippen LogP contribution in [-0.2, 0) is 6.54 Å². The first-order valence-corrected chi connectivity index (χ1v) is 7.43. The highest BCUT2D eigenvalue weighted by Crippen LogP contribution is 2.32. The number of aliphatic hydroxyl groups is 1. The molecule has 0 spiro atoms. The number of benzene rings is 1.